The fourth-order valence-corrected chi connectivity index (χ4v) is 4.23. The lowest BCUT2D eigenvalue weighted by molar-refractivity contribution is -0.384. The Hall–Kier alpha value is -2.01. The molecule has 0 spiro atoms. The van der Waals surface area contributed by atoms with Crippen molar-refractivity contribution in [3.8, 4) is 0 Å². The second-order valence-electron chi connectivity index (χ2n) is 6.07. The first-order chi connectivity index (χ1) is 13.5. The third-order valence-electron chi connectivity index (χ3n) is 4.25. The van der Waals surface area contributed by atoms with Crippen LogP contribution in [-0.2, 0) is 6.42 Å². The molecule has 0 fully saturated rings. The van der Waals surface area contributed by atoms with Gasteiger partial charge in [0.05, 0.1) is 4.92 Å². The average molecular weight is 598 g/mol. The van der Waals surface area contributed by atoms with Crippen LogP contribution < -0.4 is 5.32 Å². The summed E-state index contributed by atoms with van der Waals surface area (Å²) in [4.78, 5) is 23.2. The Bertz CT molecular complexity index is 1020. The van der Waals surface area contributed by atoms with E-state index in [9.17, 15) is 14.9 Å². The van der Waals surface area contributed by atoms with E-state index in [0.29, 0.717) is 11.1 Å². The highest BCUT2D eigenvalue weighted by molar-refractivity contribution is 14.1. The number of carbonyl (C=O) groups is 1. The molecule has 0 aliphatic heterocycles. The highest BCUT2D eigenvalue weighted by atomic mass is 127. The van der Waals surface area contributed by atoms with E-state index < -0.39 is 4.92 Å². The molecule has 0 bridgehead atoms. The fourth-order valence-electron chi connectivity index (χ4n) is 2.77. The summed E-state index contributed by atoms with van der Waals surface area (Å²) in [6.45, 7) is 0.755. The predicted molar refractivity (Wildman–Crippen MR) is 127 cm³/mol. The van der Waals surface area contributed by atoms with Gasteiger partial charge in [0.2, 0.25) is 0 Å². The maximum atomic E-state index is 12.8. The van der Waals surface area contributed by atoms with Crippen LogP contribution in [0.15, 0.2) is 66.7 Å². The summed E-state index contributed by atoms with van der Waals surface area (Å²) in [5.41, 5.74) is 3.21. The van der Waals surface area contributed by atoms with E-state index in [-0.39, 0.29) is 11.5 Å². The summed E-state index contributed by atoms with van der Waals surface area (Å²) in [6.07, 6.45) is 0.782. The number of hydrogen-bond donors (Lipinski definition) is 1. The smallest absolute Gasteiger partial charge is 0.269 e. The first-order valence-electron chi connectivity index (χ1n) is 8.52. The van der Waals surface area contributed by atoms with Gasteiger partial charge in [0, 0.05) is 42.6 Å². The number of nitrogens with one attached hydrogen (secondary N) is 1. The van der Waals surface area contributed by atoms with Gasteiger partial charge in [0.25, 0.3) is 5.69 Å². The van der Waals surface area contributed by atoms with E-state index in [1.165, 1.54) is 24.3 Å². The lowest BCUT2D eigenvalue weighted by atomic mass is 10.00. The van der Waals surface area contributed by atoms with Crippen LogP contribution in [0.5, 0.6) is 0 Å². The minimum absolute atomic E-state index is 0.0263. The molecular formula is C21H16I2N2O3. The number of nitro benzene ring substituents is 1. The minimum atomic E-state index is -0.473. The molecule has 0 radical (unpaired) electrons. The van der Waals surface area contributed by atoms with Crippen molar-refractivity contribution < 1.29 is 9.72 Å². The van der Waals surface area contributed by atoms with Gasteiger partial charge in [-0.15, -0.1) is 0 Å². The number of ketones is 1. The Kier molecular flexibility index (Phi) is 7.00. The number of halogens is 2. The van der Waals surface area contributed by atoms with Gasteiger partial charge in [0.1, 0.15) is 0 Å². The molecule has 142 valence electrons. The summed E-state index contributed by atoms with van der Waals surface area (Å²) in [6, 6.07) is 19.5. The Morgan fingerprint density at radius 2 is 1.68 bits per heavy atom. The number of nitro groups is 1. The van der Waals surface area contributed by atoms with Crippen LogP contribution in [0.1, 0.15) is 21.5 Å². The van der Waals surface area contributed by atoms with Crippen molar-refractivity contribution in [1.29, 1.82) is 0 Å². The Balaban J connectivity index is 1.74. The number of hydrogen-bond acceptors (Lipinski definition) is 4. The normalized spacial score (nSPS) is 10.5. The largest absolute Gasteiger partial charge is 0.384 e. The molecule has 0 atom stereocenters. The quantitative estimate of drug-likeness (QED) is 0.164. The Labute approximate surface area is 190 Å². The van der Waals surface area contributed by atoms with Crippen LogP contribution in [0.2, 0.25) is 0 Å². The number of carbonyl (C=O) groups excluding carboxylic acids is 1. The molecule has 7 heteroatoms. The molecule has 0 unspecified atom stereocenters. The molecule has 0 saturated heterocycles. The standard InChI is InChI=1S/C21H16I2N2O3/c22-18-6-1-2-7-19(18)24-13-12-14-4-3-5-17(20(14)23)21(26)15-8-10-16(11-9-15)25(27)28/h1-11,24H,12-13H2. The zero-order valence-electron chi connectivity index (χ0n) is 14.7. The summed E-state index contributed by atoms with van der Waals surface area (Å²) in [5.74, 6) is -0.133. The maximum absolute atomic E-state index is 12.8. The lowest BCUT2D eigenvalue weighted by Gasteiger charge is -2.12. The molecule has 3 rings (SSSR count). The summed E-state index contributed by atoms with van der Waals surface area (Å²) in [7, 11) is 0. The number of benzene rings is 3. The van der Waals surface area contributed by atoms with Crippen LogP contribution in [-0.4, -0.2) is 17.3 Å². The van der Waals surface area contributed by atoms with Gasteiger partial charge in [-0.3, -0.25) is 14.9 Å². The van der Waals surface area contributed by atoms with E-state index in [4.69, 9.17) is 0 Å². The molecule has 1 N–H and O–H groups in total. The number of nitrogens with zero attached hydrogens (tertiary/aromatic N) is 1. The predicted octanol–water partition coefficient (Wildman–Crippen LogP) is 5.69. The zero-order chi connectivity index (χ0) is 20.1. The SMILES string of the molecule is O=C(c1ccc([N+](=O)[O-])cc1)c1cccc(CCNc2ccccc2I)c1I. The number of non-ortho nitro benzene ring substituents is 1. The second-order valence-corrected chi connectivity index (χ2v) is 8.31. The topological polar surface area (TPSA) is 72.2 Å². The van der Waals surface area contributed by atoms with Crippen LogP contribution in [0.4, 0.5) is 11.4 Å². The van der Waals surface area contributed by atoms with Gasteiger partial charge in [-0.05, 0) is 87.5 Å². The molecule has 28 heavy (non-hydrogen) atoms. The van der Waals surface area contributed by atoms with Crippen LogP contribution in [0.3, 0.4) is 0 Å². The van der Waals surface area contributed by atoms with Crippen molar-refractivity contribution in [3.05, 3.63) is 101 Å². The van der Waals surface area contributed by atoms with E-state index in [1.807, 2.05) is 30.3 Å². The molecule has 5 nitrogen and oxygen atoms in total. The van der Waals surface area contributed by atoms with E-state index in [0.717, 1.165) is 31.4 Å². The van der Waals surface area contributed by atoms with Crippen LogP contribution in [0.25, 0.3) is 0 Å². The fraction of sp³-hybridized carbons (Fsp3) is 0.0952. The zero-order valence-corrected chi connectivity index (χ0v) is 19.0. The third-order valence-corrected chi connectivity index (χ3v) is 6.46. The van der Waals surface area contributed by atoms with Gasteiger partial charge < -0.3 is 5.32 Å². The van der Waals surface area contributed by atoms with Crippen molar-refractivity contribution in [2.24, 2.45) is 0 Å². The number of anilines is 1. The second kappa shape index (κ2) is 9.46. The molecular weight excluding hydrogens is 582 g/mol. The maximum Gasteiger partial charge on any atom is 0.269 e. The Morgan fingerprint density at radius 3 is 2.36 bits per heavy atom. The minimum Gasteiger partial charge on any atom is -0.384 e. The van der Waals surface area contributed by atoms with Gasteiger partial charge in [-0.2, -0.15) is 0 Å². The van der Waals surface area contributed by atoms with Crippen molar-refractivity contribution in [2.45, 2.75) is 6.42 Å². The molecule has 3 aromatic rings. The molecule has 0 aliphatic rings. The highest BCUT2D eigenvalue weighted by Crippen LogP contribution is 2.23. The Morgan fingerprint density at radius 1 is 0.964 bits per heavy atom. The van der Waals surface area contributed by atoms with Gasteiger partial charge in [-0.25, -0.2) is 0 Å². The van der Waals surface area contributed by atoms with E-state index in [1.54, 1.807) is 6.07 Å². The molecule has 0 saturated carbocycles. The van der Waals surface area contributed by atoms with Crippen molar-refractivity contribution in [1.82, 2.24) is 0 Å². The first-order valence-corrected chi connectivity index (χ1v) is 10.7. The summed E-state index contributed by atoms with van der Waals surface area (Å²) in [5, 5.41) is 14.2. The molecule has 0 amide bonds. The van der Waals surface area contributed by atoms with E-state index >= 15 is 0 Å². The van der Waals surface area contributed by atoms with Gasteiger partial charge >= 0.3 is 0 Å². The lowest BCUT2D eigenvalue weighted by Crippen LogP contribution is -2.10. The van der Waals surface area contributed by atoms with Crippen LogP contribution in [0, 0.1) is 17.3 Å². The molecule has 0 aliphatic carbocycles. The van der Waals surface area contributed by atoms with E-state index in [2.05, 4.69) is 56.6 Å². The van der Waals surface area contributed by atoms with Crippen molar-refractivity contribution in [2.75, 3.05) is 11.9 Å². The molecule has 3 aromatic carbocycles. The van der Waals surface area contributed by atoms with Crippen molar-refractivity contribution in [3.63, 3.8) is 0 Å². The monoisotopic (exact) mass is 598 g/mol. The van der Waals surface area contributed by atoms with Crippen molar-refractivity contribution >= 4 is 62.3 Å². The van der Waals surface area contributed by atoms with Gasteiger partial charge in [0.15, 0.2) is 5.78 Å². The summed E-state index contributed by atoms with van der Waals surface area (Å²) < 4.78 is 2.07. The van der Waals surface area contributed by atoms with Crippen LogP contribution >= 0.6 is 45.2 Å². The number of rotatable bonds is 7. The number of para-hydroxylation sites is 1. The summed E-state index contributed by atoms with van der Waals surface area (Å²) >= 11 is 4.50. The van der Waals surface area contributed by atoms with Gasteiger partial charge in [-0.1, -0.05) is 24.3 Å². The molecule has 0 aromatic heterocycles. The average Bonchev–Trinajstić information content (AvgIpc) is 2.70. The highest BCUT2D eigenvalue weighted by Gasteiger charge is 2.16. The first kappa shape index (κ1) is 20.7. The molecule has 0 heterocycles. The third kappa shape index (κ3) is 4.88.